The second kappa shape index (κ2) is 5.11. The third kappa shape index (κ3) is 3.14. The van der Waals surface area contributed by atoms with E-state index < -0.39 is 20.4 Å². The normalized spacial score (nSPS) is 11.2. The van der Waals surface area contributed by atoms with Crippen molar-refractivity contribution in [3.63, 3.8) is 0 Å². The third-order valence-corrected chi connectivity index (χ3v) is 3.14. The maximum atomic E-state index is 11.4. The highest BCUT2D eigenvalue weighted by Gasteiger charge is 2.25. The molecule has 0 heterocycles. The van der Waals surface area contributed by atoms with Crippen molar-refractivity contribution >= 4 is 21.2 Å². The zero-order valence-electron chi connectivity index (χ0n) is 9.08. The molecular formula is C9H12N2O5S. The van der Waals surface area contributed by atoms with Gasteiger partial charge in [-0.1, -0.05) is 6.07 Å². The number of anilines is 1. The van der Waals surface area contributed by atoms with E-state index in [4.69, 9.17) is 5.11 Å². The number of nitrogens with one attached hydrogen (secondary N) is 1. The van der Waals surface area contributed by atoms with E-state index in [0.29, 0.717) is 0 Å². The molecule has 94 valence electrons. The van der Waals surface area contributed by atoms with E-state index in [1.807, 2.05) is 0 Å². The number of aliphatic hydroxyl groups excluding tert-OH is 1. The second-order valence-electron chi connectivity index (χ2n) is 3.33. The Balaban J connectivity index is 3.38. The molecule has 0 radical (unpaired) electrons. The molecule has 1 rings (SSSR count). The maximum absolute atomic E-state index is 11.4. The van der Waals surface area contributed by atoms with Crippen molar-refractivity contribution in [1.29, 1.82) is 0 Å². The minimum Gasteiger partial charge on any atom is -0.395 e. The lowest BCUT2D eigenvalue weighted by Gasteiger charge is -2.07. The van der Waals surface area contributed by atoms with Gasteiger partial charge < -0.3 is 10.4 Å². The van der Waals surface area contributed by atoms with Crippen LogP contribution < -0.4 is 5.32 Å². The number of nitro benzene ring substituents is 1. The molecule has 1 aromatic rings. The van der Waals surface area contributed by atoms with E-state index in [0.717, 1.165) is 6.26 Å². The van der Waals surface area contributed by atoms with Crippen LogP contribution in [0.3, 0.4) is 0 Å². The van der Waals surface area contributed by atoms with Gasteiger partial charge in [0.25, 0.3) is 0 Å². The molecule has 0 spiro atoms. The summed E-state index contributed by atoms with van der Waals surface area (Å²) in [4.78, 5) is 9.79. The number of aliphatic hydroxyl groups is 1. The Morgan fingerprint density at radius 2 is 2.12 bits per heavy atom. The zero-order chi connectivity index (χ0) is 13.1. The van der Waals surface area contributed by atoms with Crippen molar-refractivity contribution in [2.24, 2.45) is 0 Å². The number of rotatable bonds is 5. The molecule has 0 amide bonds. The van der Waals surface area contributed by atoms with Crippen LogP contribution in [-0.2, 0) is 9.84 Å². The molecule has 0 saturated heterocycles. The van der Waals surface area contributed by atoms with Gasteiger partial charge in [0.05, 0.1) is 11.5 Å². The van der Waals surface area contributed by atoms with Gasteiger partial charge in [-0.3, -0.25) is 10.1 Å². The van der Waals surface area contributed by atoms with Gasteiger partial charge in [-0.25, -0.2) is 8.42 Å². The molecule has 0 saturated carbocycles. The van der Waals surface area contributed by atoms with Crippen LogP contribution in [0.5, 0.6) is 0 Å². The van der Waals surface area contributed by atoms with Crippen LogP contribution in [-0.4, -0.2) is 37.9 Å². The molecule has 0 aliphatic carbocycles. The van der Waals surface area contributed by atoms with Gasteiger partial charge in [-0.2, -0.15) is 0 Å². The number of hydrogen-bond acceptors (Lipinski definition) is 6. The van der Waals surface area contributed by atoms with Crippen LogP contribution in [0.15, 0.2) is 23.1 Å². The van der Waals surface area contributed by atoms with Gasteiger partial charge in [0.1, 0.15) is 10.6 Å². The number of nitro groups is 1. The van der Waals surface area contributed by atoms with E-state index in [9.17, 15) is 18.5 Å². The van der Waals surface area contributed by atoms with Gasteiger partial charge in [0.15, 0.2) is 9.84 Å². The number of benzene rings is 1. The number of hydrogen-bond donors (Lipinski definition) is 2. The standard InChI is InChI=1S/C9H12N2O5S/c1-17(15,16)8-4-2-3-7(10-5-6-12)9(8)11(13)14/h2-4,10,12H,5-6H2,1H3. The van der Waals surface area contributed by atoms with Gasteiger partial charge in [-0.05, 0) is 12.1 Å². The molecule has 0 fully saturated rings. The Hall–Kier alpha value is -1.67. The molecule has 0 aliphatic heterocycles. The Labute approximate surface area is 98.1 Å². The summed E-state index contributed by atoms with van der Waals surface area (Å²) in [5.74, 6) is 0. The Morgan fingerprint density at radius 3 is 2.59 bits per heavy atom. The summed E-state index contributed by atoms with van der Waals surface area (Å²) in [6.45, 7) is -0.103. The predicted octanol–water partition coefficient (Wildman–Crippen LogP) is 0.402. The van der Waals surface area contributed by atoms with Gasteiger partial charge in [0.2, 0.25) is 0 Å². The SMILES string of the molecule is CS(=O)(=O)c1cccc(NCCO)c1[N+](=O)[O-]. The Bertz CT molecular complexity index is 526. The average molecular weight is 260 g/mol. The van der Waals surface area contributed by atoms with Crippen LogP contribution in [0.25, 0.3) is 0 Å². The fourth-order valence-corrected chi connectivity index (χ4v) is 2.20. The Kier molecular flexibility index (Phi) is 4.02. The molecule has 0 aromatic heterocycles. The summed E-state index contributed by atoms with van der Waals surface area (Å²) in [7, 11) is -3.67. The lowest BCUT2D eigenvalue weighted by atomic mass is 10.2. The highest BCUT2D eigenvalue weighted by atomic mass is 32.2. The molecule has 0 atom stereocenters. The number of para-hydroxylation sites is 1. The molecule has 1 aromatic carbocycles. The summed E-state index contributed by atoms with van der Waals surface area (Å²) in [6.07, 6.45) is 0.908. The van der Waals surface area contributed by atoms with E-state index in [-0.39, 0.29) is 23.7 Å². The van der Waals surface area contributed by atoms with Gasteiger partial charge in [-0.15, -0.1) is 0 Å². The monoisotopic (exact) mass is 260 g/mol. The first kappa shape index (κ1) is 13.4. The highest BCUT2D eigenvalue weighted by Crippen LogP contribution is 2.31. The quantitative estimate of drug-likeness (QED) is 0.586. The minimum atomic E-state index is -3.67. The van der Waals surface area contributed by atoms with E-state index >= 15 is 0 Å². The maximum Gasteiger partial charge on any atom is 0.310 e. The summed E-state index contributed by atoms with van der Waals surface area (Å²) >= 11 is 0. The van der Waals surface area contributed by atoms with Crippen LogP contribution in [0.1, 0.15) is 0 Å². The number of nitrogens with zero attached hydrogens (tertiary/aromatic N) is 1. The lowest BCUT2D eigenvalue weighted by molar-refractivity contribution is -0.386. The third-order valence-electron chi connectivity index (χ3n) is 2.01. The van der Waals surface area contributed by atoms with Crippen LogP contribution in [0, 0.1) is 10.1 Å². The lowest BCUT2D eigenvalue weighted by Crippen LogP contribution is -2.10. The van der Waals surface area contributed by atoms with Crippen LogP contribution >= 0.6 is 0 Å². The van der Waals surface area contributed by atoms with Crippen molar-refractivity contribution in [3.8, 4) is 0 Å². The average Bonchev–Trinajstić information content (AvgIpc) is 2.24. The second-order valence-corrected chi connectivity index (χ2v) is 5.32. The topological polar surface area (TPSA) is 110 Å². The van der Waals surface area contributed by atoms with Gasteiger partial charge >= 0.3 is 5.69 Å². The Morgan fingerprint density at radius 1 is 1.47 bits per heavy atom. The predicted molar refractivity (Wildman–Crippen MR) is 61.8 cm³/mol. The van der Waals surface area contributed by atoms with Crippen molar-refractivity contribution in [3.05, 3.63) is 28.3 Å². The van der Waals surface area contributed by atoms with E-state index in [2.05, 4.69) is 5.32 Å². The summed E-state index contributed by atoms with van der Waals surface area (Å²) in [5, 5.41) is 22.1. The van der Waals surface area contributed by atoms with Crippen molar-refractivity contribution in [2.45, 2.75) is 4.90 Å². The molecule has 0 bridgehead atoms. The smallest absolute Gasteiger partial charge is 0.310 e. The number of sulfone groups is 1. The summed E-state index contributed by atoms with van der Waals surface area (Å²) < 4.78 is 22.8. The van der Waals surface area contributed by atoms with Crippen molar-refractivity contribution < 1.29 is 18.4 Å². The van der Waals surface area contributed by atoms with E-state index in [1.165, 1.54) is 18.2 Å². The van der Waals surface area contributed by atoms with Crippen LogP contribution in [0.4, 0.5) is 11.4 Å². The largest absolute Gasteiger partial charge is 0.395 e. The minimum absolute atomic E-state index is 0.0759. The first-order valence-electron chi connectivity index (χ1n) is 4.70. The van der Waals surface area contributed by atoms with Gasteiger partial charge in [0, 0.05) is 12.8 Å². The molecule has 8 heteroatoms. The highest BCUT2D eigenvalue weighted by molar-refractivity contribution is 7.90. The summed E-state index contributed by atoms with van der Waals surface area (Å²) in [5.41, 5.74) is -0.421. The first-order chi connectivity index (χ1) is 7.88. The molecule has 17 heavy (non-hydrogen) atoms. The first-order valence-corrected chi connectivity index (χ1v) is 6.59. The molecule has 0 aliphatic rings. The van der Waals surface area contributed by atoms with E-state index in [1.54, 1.807) is 0 Å². The fraction of sp³-hybridized carbons (Fsp3) is 0.333. The van der Waals surface area contributed by atoms with Crippen molar-refractivity contribution in [1.82, 2.24) is 0 Å². The van der Waals surface area contributed by atoms with Crippen molar-refractivity contribution in [2.75, 3.05) is 24.7 Å². The molecule has 2 N–H and O–H groups in total. The zero-order valence-corrected chi connectivity index (χ0v) is 9.90. The molecular weight excluding hydrogens is 248 g/mol. The molecule has 7 nitrogen and oxygen atoms in total. The molecule has 0 unspecified atom stereocenters. The van der Waals surface area contributed by atoms with Crippen LogP contribution in [0.2, 0.25) is 0 Å². The summed E-state index contributed by atoms with van der Waals surface area (Å²) in [6, 6.07) is 3.98. The fourth-order valence-electron chi connectivity index (χ4n) is 1.34.